The lowest BCUT2D eigenvalue weighted by Gasteiger charge is -2.16. The summed E-state index contributed by atoms with van der Waals surface area (Å²) in [5.41, 5.74) is 0. The van der Waals surface area contributed by atoms with E-state index in [9.17, 15) is 10.2 Å². The third-order valence-electron chi connectivity index (χ3n) is 4.62. The van der Waals surface area contributed by atoms with Crippen LogP contribution in [0, 0.1) is 0 Å². The predicted octanol–water partition coefficient (Wildman–Crippen LogP) is 5.15. The molecule has 0 heterocycles. The molecular formula is C20H12O2. The standard InChI is InChI=1S/C20H12O2/c21-19-15-9-3-7-13-11-5-1-2-6-12(11)14-8-4-10-16(20(19)22)18(14)17(13)15/h1-10,21-22H. The molecule has 2 heteroatoms. The number of aromatic hydroxyl groups is 2. The number of rotatable bonds is 0. The highest BCUT2D eigenvalue weighted by molar-refractivity contribution is 6.35. The van der Waals surface area contributed by atoms with Crippen LogP contribution in [0.2, 0.25) is 0 Å². The van der Waals surface area contributed by atoms with E-state index < -0.39 is 0 Å². The van der Waals surface area contributed by atoms with Crippen LogP contribution in [0.5, 0.6) is 11.5 Å². The Morgan fingerprint density at radius 2 is 0.773 bits per heavy atom. The van der Waals surface area contributed by atoms with Gasteiger partial charge in [-0.3, -0.25) is 0 Å². The van der Waals surface area contributed by atoms with E-state index in [4.69, 9.17) is 0 Å². The Kier molecular flexibility index (Phi) is 2.01. The average Bonchev–Trinajstić information content (AvgIpc) is 2.58. The molecule has 0 atom stereocenters. The molecule has 0 aliphatic carbocycles. The lowest BCUT2D eigenvalue weighted by molar-refractivity contribution is 0.412. The summed E-state index contributed by atoms with van der Waals surface area (Å²) < 4.78 is 0. The van der Waals surface area contributed by atoms with E-state index in [0.29, 0.717) is 10.8 Å². The predicted molar refractivity (Wildman–Crippen MR) is 91.0 cm³/mol. The van der Waals surface area contributed by atoms with Crippen LogP contribution in [0.4, 0.5) is 0 Å². The van der Waals surface area contributed by atoms with Gasteiger partial charge in [0.2, 0.25) is 0 Å². The minimum Gasteiger partial charge on any atom is -0.504 e. The Bertz CT molecular complexity index is 1090. The van der Waals surface area contributed by atoms with Gasteiger partial charge in [0.1, 0.15) is 0 Å². The van der Waals surface area contributed by atoms with E-state index in [1.165, 1.54) is 0 Å². The maximum absolute atomic E-state index is 10.4. The van der Waals surface area contributed by atoms with Crippen LogP contribution in [0.25, 0.3) is 43.1 Å². The molecule has 0 amide bonds. The van der Waals surface area contributed by atoms with Crippen LogP contribution in [-0.2, 0) is 0 Å². The number of benzene rings is 5. The molecule has 0 spiro atoms. The zero-order valence-corrected chi connectivity index (χ0v) is 11.7. The van der Waals surface area contributed by atoms with E-state index in [1.807, 2.05) is 36.4 Å². The zero-order chi connectivity index (χ0) is 14.8. The Hall–Kier alpha value is -3.00. The van der Waals surface area contributed by atoms with Crippen molar-refractivity contribution in [2.45, 2.75) is 0 Å². The maximum Gasteiger partial charge on any atom is 0.166 e. The fourth-order valence-electron chi connectivity index (χ4n) is 3.69. The summed E-state index contributed by atoms with van der Waals surface area (Å²) in [6.45, 7) is 0. The number of phenolic OH excluding ortho intramolecular Hbond substituents is 2. The monoisotopic (exact) mass is 284 g/mol. The Labute approximate surface area is 126 Å². The van der Waals surface area contributed by atoms with E-state index >= 15 is 0 Å². The second-order valence-corrected chi connectivity index (χ2v) is 5.70. The van der Waals surface area contributed by atoms with Crippen LogP contribution in [0.1, 0.15) is 0 Å². The van der Waals surface area contributed by atoms with Crippen molar-refractivity contribution in [1.82, 2.24) is 0 Å². The smallest absolute Gasteiger partial charge is 0.166 e. The van der Waals surface area contributed by atoms with Crippen molar-refractivity contribution in [2.24, 2.45) is 0 Å². The van der Waals surface area contributed by atoms with Crippen molar-refractivity contribution in [3.63, 3.8) is 0 Å². The first-order valence-corrected chi connectivity index (χ1v) is 7.26. The van der Waals surface area contributed by atoms with Crippen LogP contribution in [-0.4, -0.2) is 10.2 Å². The molecule has 0 aliphatic heterocycles. The number of hydrogen-bond acceptors (Lipinski definition) is 2. The second kappa shape index (κ2) is 3.80. The molecule has 5 aromatic carbocycles. The van der Waals surface area contributed by atoms with Crippen molar-refractivity contribution in [2.75, 3.05) is 0 Å². The van der Waals surface area contributed by atoms with E-state index in [2.05, 4.69) is 24.3 Å². The molecule has 5 aromatic rings. The van der Waals surface area contributed by atoms with Crippen molar-refractivity contribution in [3.05, 3.63) is 60.7 Å². The SMILES string of the molecule is Oc1c(O)c2cccc3c4ccccc4c4cccc1c4c23. The lowest BCUT2D eigenvalue weighted by Crippen LogP contribution is -1.88. The van der Waals surface area contributed by atoms with E-state index in [-0.39, 0.29) is 11.5 Å². The van der Waals surface area contributed by atoms with Crippen LogP contribution in [0.15, 0.2) is 60.7 Å². The number of fused-ring (bicyclic) bond motifs is 3. The minimum absolute atomic E-state index is 0.0409. The van der Waals surface area contributed by atoms with Crippen molar-refractivity contribution in [3.8, 4) is 11.5 Å². The molecule has 2 N–H and O–H groups in total. The molecule has 0 saturated carbocycles. The lowest BCUT2D eigenvalue weighted by atomic mass is 9.88. The molecule has 0 bridgehead atoms. The van der Waals surface area contributed by atoms with Gasteiger partial charge < -0.3 is 10.2 Å². The van der Waals surface area contributed by atoms with Gasteiger partial charge in [-0.25, -0.2) is 0 Å². The van der Waals surface area contributed by atoms with Crippen molar-refractivity contribution >= 4 is 43.1 Å². The Balaban J connectivity index is 2.33. The van der Waals surface area contributed by atoms with Crippen molar-refractivity contribution < 1.29 is 10.2 Å². The summed E-state index contributed by atoms with van der Waals surface area (Å²) in [5, 5.41) is 28.8. The average molecular weight is 284 g/mol. The molecule has 104 valence electrons. The highest BCUT2D eigenvalue weighted by Gasteiger charge is 2.18. The fraction of sp³-hybridized carbons (Fsp3) is 0. The topological polar surface area (TPSA) is 40.5 Å². The molecule has 0 saturated heterocycles. The van der Waals surface area contributed by atoms with Gasteiger partial charge in [0, 0.05) is 21.5 Å². The largest absolute Gasteiger partial charge is 0.504 e. The Morgan fingerprint density at radius 1 is 0.409 bits per heavy atom. The summed E-state index contributed by atoms with van der Waals surface area (Å²) in [5.74, 6) is -0.0817. The van der Waals surface area contributed by atoms with Gasteiger partial charge in [-0.1, -0.05) is 60.7 Å². The highest BCUT2D eigenvalue weighted by atomic mass is 16.3. The summed E-state index contributed by atoms with van der Waals surface area (Å²) in [6.07, 6.45) is 0. The molecular weight excluding hydrogens is 272 g/mol. The normalized spacial score (nSPS) is 12.0. The summed E-state index contributed by atoms with van der Waals surface area (Å²) in [7, 11) is 0. The van der Waals surface area contributed by atoms with Gasteiger partial charge >= 0.3 is 0 Å². The van der Waals surface area contributed by atoms with Crippen molar-refractivity contribution in [1.29, 1.82) is 0 Å². The van der Waals surface area contributed by atoms with Crippen LogP contribution in [0.3, 0.4) is 0 Å². The van der Waals surface area contributed by atoms with Gasteiger partial charge in [-0.2, -0.15) is 0 Å². The summed E-state index contributed by atoms with van der Waals surface area (Å²) >= 11 is 0. The van der Waals surface area contributed by atoms with Crippen LogP contribution < -0.4 is 0 Å². The Morgan fingerprint density at radius 3 is 1.23 bits per heavy atom. The summed E-state index contributed by atoms with van der Waals surface area (Å²) in [6, 6.07) is 20.0. The van der Waals surface area contributed by atoms with E-state index in [1.54, 1.807) is 0 Å². The molecule has 2 nitrogen and oxygen atoms in total. The zero-order valence-electron chi connectivity index (χ0n) is 11.7. The molecule has 0 unspecified atom stereocenters. The van der Waals surface area contributed by atoms with Gasteiger partial charge in [-0.05, 0) is 21.5 Å². The maximum atomic E-state index is 10.4. The first-order chi connectivity index (χ1) is 10.8. The third-order valence-corrected chi connectivity index (χ3v) is 4.62. The number of hydrogen-bond donors (Lipinski definition) is 2. The molecule has 5 rings (SSSR count). The van der Waals surface area contributed by atoms with Crippen LogP contribution >= 0.6 is 0 Å². The molecule has 0 radical (unpaired) electrons. The van der Waals surface area contributed by atoms with Gasteiger partial charge in [-0.15, -0.1) is 0 Å². The molecule has 0 aliphatic rings. The number of phenols is 2. The third kappa shape index (κ3) is 1.21. The highest BCUT2D eigenvalue weighted by Crippen LogP contribution is 2.48. The first-order valence-electron chi connectivity index (χ1n) is 7.26. The quantitative estimate of drug-likeness (QED) is 0.234. The minimum atomic E-state index is -0.0409. The molecule has 0 fully saturated rings. The van der Waals surface area contributed by atoms with Gasteiger partial charge in [0.05, 0.1) is 0 Å². The summed E-state index contributed by atoms with van der Waals surface area (Å²) in [4.78, 5) is 0. The molecule has 0 aromatic heterocycles. The second-order valence-electron chi connectivity index (χ2n) is 5.70. The molecule has 22 heavy (non-hydrogen) atoms. The van der Waals surface area contributed by atoms with Gasteiger partial charge in [0.15, 0.2) is 11.5 Å². The van der Waals surface area contributed by atoms with E-state index in [0.717, 1.165) is 32.3 Å². The fourth-order valence-corrected chi connectivity index (χ4v) is 3.69. The van der Waals surface area contributed by atoms with Gasteiger partial charge in [0.25, 0.3) is 0 Å². The first kappa shape index (κ1) is 11.6.